The van der Waals surface area contributed by atoms with Crippen molar-refractivity contribution >= 4 is 11.9 Å². The van der Waals surface area contributed by atoms with E-state index in [9.17, 15) is 33.0 Å². The summed E-state index contributed by atoms with van der Waals surface area (Å²) < 4.78 is 47.4. The molecule has 5 N–H and O–H groups in total. The van der Waals surface area contributed by atoms with Gasteiger partial charge in [0.2, 0.25) is 0 Å². The molecule has 1 heterocycles. The van der Waals surface area contributed by atoms with Gasteiger partial charge in [-0.3, -0.25) is 9.59 Å². The fraction of sp³-hybridized carbons (Fsp3) is 0.846. The zero-order valence-corrected chi connectivity index (χ0v) is 13.0. The summed E-state index contributed by atoms with van der Waals surface area (Å²) in [5, 5.41) is 38.7. The second kappa shape index (κ2) is 9.29. The number of carbonyl (C=O) groups is 2. The first-order chi connectivity index (χ1) is 11.6. The van der Waals surface area contributed by atoms with E-state index in [2.05, 4.69) is 0 Å². The minimum atomic E-state index is -5.22. The number of halogens is 3. The molecule has 1 aliphatic rings. The zero-order valence-electron chi connectivity index (χ0n) is 13.0. The Morgan fingerprint density at radius 2 is 1.80 bits per heavy atom. The highest BCUT2D eigenvalue weighted by molar-refractivity contribution is 5.82. The SMILES string of the molecule is O=C(O)CCCCO[C@@H]1OC(CO)[C@H](O)C(O)C1NC(=O)C(F)(F)F. The lowest BCUT2D eigenvalue weighted by molar-refractivity contribution is -0.272. The lowest BCUT2D eigenvalue weighted by Crippen LogP contribution is -2.65. The maximum Gasteiger partial charge on any atom is 0.471 e. The van der Waals surface area contributed by atoms with E-state index in [0.29, 0.717) is 0 Å². The highest BCUT2D eigenvalue weighted by Gasteiger charge is 2.49. The highest BCUT2D eigenvalue weighted by atomic mass is 19.4. The number of aliphatic carboxylic acids is 1. The highest BCUT2D eigenvalue weighted by Crippen LogP contribution is 2.24. The summed E-state index contributed by atoms with van der Waals surface area (Å²) in [6.07, 6.45) is -11.4. The third-order valence-electron chi connectivity index (χ3n) is 3.50. The van der Waals surface area contributed by atoms with Crippen LogP contribution in [0.5, 0.6) is 0 Å². The molecule has 1 rings (SSSR count). The normalized spacial score (nSPS) is 30.1. The fourth-order valence-corrected chi connectivity index (χ4v) is 2.19. The molecule has 25 heavy (non-hydrogen) atoms. The molecule has 9 nitrogen and oxygen atoms in total. The predicted octanol–water partition coefficient (Wildman–Crippen LogP) is -1.26. The Labute approximate surface area is 140 Å². The number of unbranched alkanes of at least 4 members (excludes halogenated alkanes) is 1. The topological polar surface area (TPSA) is 146 Å². The van der Waals surface area contributed by atoms with Crippen molar-refractivity contribution in [1.29, 1.82) is 0 Å². The number of amides is 1. The molecule has 1 fully saturated rings. The molecule has 0 spiro atoms. The molecule has 3 unspecified atom stereocenters. The number of nitrogens with one attached hydrogen (secondary N) is 1. The van der Waals surface area contributed by atoms with Crippen molar-refractivity contribution in [1.82, 2.24) is 5.32 Å². The van der Waals surface area contributed by atoms with Gasteiger partial charge in [0.05, 0.1) is 6.61 Å². The molecule has 1 aliphatic heterocycles. The van der Waals surface area contributed by atoms with Crippen LogP contribution in [-0.2, 0) is 19.1 Å². The molecule has 0 bridgehead atoms. The molecular formula is C13H20F3NO8. The first-order valence-corrected chi connectivity index (χ1v) is 7.41. The van der Waals surface area contributed by atoms with Crippen LogP contribution < -0.4 is 5.32 Å². The summed E-state index contributed by atoms with van der Waals surface area (Å²) in [6.45, 7) is -0.867. The largest absolute Gasteiger partial charge is 0.481 e. The number of carboxylic acids is 1. The monoisotopic (exact) mass is 375 g/mol. The van der Waals surface area contributed by atoms with Gasteiger partial charge >= 0.3 is 18.1 Å². The molecule has 0 saturated carbocycles. The van der Waals surface area contributed by atoms with Crippen LogP contribution in [0, 0.1) is 0 Å². The third kappa shape index (κ3) is 6.40. The minimum absolute atomic E-state index is 0.128. The first kappa shape index (κ1) is 21.6. The second-order valence-electron chi connectivity index (χ2n) is 5.43. The molecule has 0 aromatic heterocycles. The van der Waals surface area contributed by atoms with E-state index in [-0.39, 0.29) is 25.9 Å². The van der Waals surface area contributed by atoms with E-state index < -0.39 is 55.3 Å². The Bertz CT molecular complexity index is 461. The molecular weight excluding hydrogens is 355 g/mol. The molecule has 0 radical (unpaired) electrons. The molecule has 1 amide bonds. The van der Waals surface area contributed by atoms with E-state index in [1.165, 1.54) is 5.32 Å². The van der Waals surface area contributed by atoms with Crippen molar-refractivity contribution in [2.75, 3.05) is 13.2 Å². The Hall–Kier alpha value is -1.47. The molecule has 0 aromatic rings. The van der Waals surface area contributed by atoms with E-state index >= 15 is 0 Å². The van der Waals surface area contributed by atoms with E-state index in [1.54, 1.807) is 0 Å². The van der Waals surface area contributed by atoms with Crippen LogP contribution in [0.15, 0.2) is 0 Å². The minimum Gasteiger partial charge on any atom is -0.481 e. The summed E-state index contributed by atoms with van der Waals surface area (Å²) in [6, 6.07) is -1.73. The van der Waals surface area contributed by atoms with Crippen LogP contribution in [0.2, 0.25) is 0 Å². The van der Waals surface area contributed by atoms with Crippen molar-refractivity contribution in [2.45, 2.75) is 56.1 Å². The summed E-state index contributed by atoms with van der Waals surface area (Å²) in [5.41, 5.74) is 0. The lowest BCUT2D eigenvalue weighted by Gasteiger charge is -2.42. The van der Waals surface area contributed by atoms with Crippen LogP contribution >= 0.6 is 0 Å². The maximum absolute atomic E-state index is 12.4. The Kier molecular flexibility index (Phi) is 8.02. The van der Waals surface area contributed by atoms with Gasteiger partial charge in [-0.05, 0) is 12.8 Å². The Balaban J connectivity index is 2.72. The third-order valence-corrected chi connectivity index (χ3v) is 3.50. The van der Waals surface area contributed by atoms with Crippen molar-refractivity contribution in [3.63, 3.8) is 0 Å². The molecule has 1 saturated heterocycles. The van der Waals surface area contributed by atoms with E-state index in [1.807, 2.05) is 0 Å². The van der Waals surface area contributed by atoms with Gasteiger partial charge in [-0.2, -0.15) is 13.2 Å². The van der Waals surface area contributed by atoms with Gasteiger partial charge in [0.15, 0.2) is 6.29 Å². The summed E-state index contributed by atoms with van der Waals surface area (Å²) in [7, 11) is 0. The van der Waals surface area contributed by atoms with E-state index in [4.69, 9.17) is 19.7 Å². The summed E-state index contributed by atoms with van der Waals surface area (Å²) in [4.78, 5) is 21.5. The smallest absolute Gasteiger partial charge is 0.471 e. The number of hydrogen-bond acceptors (Lipinski definition) is 7. The molecule has 0 aromatic carbocycles. The van der Waals surface area contributed by atoms with Gasteiger partial charge in [0, 0.05) is 13.0 Å². The van der Waals surface area contributed by atoms with Crippen LogP contribution in [0.4, 0.5) is 13.2 Å². The maximum atomic E-state index is 12.4. The molecule has 0 aliphatic carbocycles. The fourth-order valence-electron chi connectivity index (χ4n) is 2.19. The predicted molar refractivity (Wildman–Crippen MR) is 73.2 cm³/mol. The first-order valence-electron chi connectivity index (χ1n) is 7.41. The van der Waals surface area contributed by atoms with Crippen LogP contribution in [0.3, 0.4) is 0 Å². The summed E-state index contributed by atoms with van der Waals surface area (Å²) >= 11 is 0. The average molecular weight is 375 g/mol. The van der Waals surface area contributed by atoms with Crippen molar-refractivity contribution in [3.8, 4) is 0 Å². The van der Waals surface area contributed by atoms with Gasteiger partial charge in [-0.1, -0.05) is 0 Å². The lowest BCUT2D eigenvalue weighted by atomic mass is 9.97. The molecule has 146 valence electrons. The molecule has 5 atom stereocenters. The number of aliphatic hydroxyl groups is 3. The van der Waals surface area contributed by atoms with Gasteiger partial charge in [-0.25, -0.2) is 0 Å². The van der Waals surface area contributed by atoms with Gasteiger partial charge in [0.1, 0.15) is 24.4 Å². The van der Waals surface area contributed by atoms with Gasteiger partial charge in [-0.15, -0.1) is 0 Å². The number of rotatable bonds is 8. The van der Waals surface area contributed by atoms with Crippen molar-refractivity contribution < 1.29 is 52.7 Å². The Morgan fingerprint density at radius 1 is 1.16 bits per heavy atom. The zero-order chi connectivity index (χ0) is 19.2. The number of carboxylic acid groups (broad SMARTS) is 1. The number of alkyl halides is 3. The average Bonchev–Trinajstić information content (AvgIpc) is 2.51. The number of ether oxygens (including phenoxy) is 2. The molecule has 12 heteroatoms. The second-order valence-corrected chi connectivity index (χ2v) is 5.43. The van der Waals surface area contributed by atoms with Crippen molar-refractivity contribution in [3.05, 3.63) is 0 Å². The van der Waals surface area contributed by atoms with Gasteiger partial charge < -0.3 is 35.2 Å². The van der Waals surface area contributed by atoms with Crippen molar-refractivity contribution in [2.24, 2.45) is 0 Å². The van der Waals surface area contributed by atoms with Crippen LogP contribution in [0.25, 0.3) is 0 Å². The quantitative estimate of drug-likeness (QED) is 0.331. The summed E-state index contributed by atoms with van der Waals surface area (Å²) in [5.74, 6) is -3.38. The standard InChI is InChI=1S/C13H20F3NO8/c14-13(15,16)12(23)17-8-10(22)9(21)6(5-18)25-11(8)24-4-2-1-3-7(19)20/h6,8-11,18,21-22H,1-5H2,(H,17,23)(H,19,20)/t6?,8?,9-,10?,11+/m0/s1. The van der Waals surface area contributed by atoms with E-state index in [0.717, 1.165) is 0 Å². The van der Waals surface area contributed by atoms with Crippen LogP contribution in [0.1, 0.15) is 19.3 Å². The number of carbonyl (C=O) groups excluding carboxylic acids is 1. The van der Waals surface area contributed by atoms with Gasteiger partial charge in [0.25, 0.3) is 0 Å². The number of aliphatic hydroxyl groups excluding tert-OH is 3. The Morgan fingerprint density at radius 3 is 2.32 bits per heavy atom. The van der Waals surface area contributed by atoms with Crippen LogP contribution in [-0.4, -0.2) is 82.3 Å². The number of hydrogen-bond donors (Lipinski definition) is 5.